The van der Waals surface area contributed by atoms with Gasteiger partial charge < -0.3 is 4.90 Å². The van der Waals surface area contributed by atoms with Gasteiger partial charge >= 0.3 is 0 Å². The third-order valence-corrected chi connectivity index (χ3v) is 2.79. The topological polar surface area (TPSA) is 3.24 Å². The minimum Gasteiger partial charge on any atom is -0.304 e. The Balaban J connectivity index is 0. The molecule has 1 heteroatoms. The summed E-state index contributed by atoms with van der Waals surface area (Å²) in [6.07, 6.45) is 5.37. The fourth-order valence-corrected chi connectivity index (χ4v) is 1.40. The van der Waals surface area contributed by atoms with Crippen LogP contribution in [0.4, 0.5) is 0 Å². The molecule has 0 aromatic heterocycles. The van der Waals surface area contributed by atoms with E-state index in [9.17, 15) is 0 Å². The van der Waals surface area contributed by atoms with Crippen molar-refractivity contribution < 1.29 is 0 Å². The van der Waals surface area contributed by atoms with E-state index in [1.807, 2.05) is 13.8 Å². The van der Waals surface area contributed by atoms with Crippen LogP contribution in [0.3, 0.4) is 0 Å². The molecule has 0 aliphatic carbocycles. The van der Waals surface area contributed by atoms with Gasteiger partial charge in [-0.25, -0.2) is 0 Å². The minimum absolute atomic E-state index is 0.763. The van der Waals surface area contributed by atoms with Crippen molar-refractivity contribution in [3.63, 3.8) is 0 Å². The summed E-state index contributed by atoms with van der Waals surface area (Å²) in [5, 5.41) is 0. The minimum atomic E-state index is 0.763. The maximum Gasteiger partial charge on any atom is 0.00638 e. The largest absolute Gasteiger partial charge is 0.304 e. The first-order chi connectivity index (χ1) is 7.07. The Morgan fingerprint density at radius 1 is 1.00 bits per heavy atom. The average molecular weight is 215 g/mol. The Morgan fingerprint density at radius 3 is 1.93 bits per heavy atom. The van der Waals surface area contributed by atoms with Crippen LogP contribution in [0.15, 0.2) is 0 Å². The normalized spacial score (nSPS) is 12.6. The molecule has 0 radical (unpaired) electrons. The quantitative estimate of drug-likeness (QED) is 0.601. The van der Waals surface area contributed by atoms with Crippen LogP contribution in [0.5, 0.6) is 0 Å². The number of nitrogens with zero attached hydrogens (tertiary/aromatic N) is 1. The average Bonchev–Trinajstić information content (AvgIpc) is 2.25. The second-order valence-electron chi connectivity index (χ2n) is 4.65. The van der Waals surface area contributed by atoms with Crippen LogP contribution in [0.1, 0.15) is 67.2 Å². The molecule has 0 amide bonds. The predicted molar refractivity (Wildman–Crippen MR) is 72.4 cm³/mol. The van der Waals surface area contributed by atoms with E-state index in [1.54, 1.807) is 0 Å². The van der Waals surface area contributed by atoms with Crippen molar-refractivity contribution >= 4 is 0 Å². The molecular formula is C14H33N. The van der Waals surface area contributed by atoms with Gasteiger partial charge in [0, 0.05) is 6.04 Å². The van der Waals surface area contributed by atoms with Gasteiger partial charge in [-0.2, -0.15) is 0 Å². The number of rotatable bonds is 7. The molecule has 0 saturated heterocycles. The maximum absolute atomic E-state index is 2.50. The van der Waals surface area contributed by atoms with Crippen molar-refractivity contribution in [1.29, 1.82) is 0 Å². The fourth-order valence-electron chi connectivity index (χ4n) is 1.40. The monoisotopic (exact) mass is 215 g/mol. The highest BCUT2D eigenvalue weighted by atomic mass is 15.1. The van der Waals surface area contributed by atoms with Crippen LogP contribution in [0.2, 0.25) is 0 Å². The van der Waals surface area contributed by atoms with Crippen LogP contribution in [0, 0.1) is 5.92 Å². The number of hydrogen-bond donors (Lipinski definition) is 0. The molecule has 0 heterocycles. The van der Waals surface area contributed by atoms with Crippen molar-refractivity contribution in [2.75, 3.05) is 13.6 Å². The molecule has 0 aliphatic rings. The molecule has 0 rings (SSSR count). The molecule has 0 saturated carbocycles. The first-order valence-corrected chi connectivity index (χ1v) is 6.78. The van der Waals surface area contributed by atoms with E-state index in [0.717, 1.165) is 12.0 Å². The van der Waals surface area contributed by atoms with Gasteiger partial charge in [-0.15, -0.1) is 0 Å². The van der Waals surface area contributed by atoms with E-state index in [-0.39, 0.29) is 0 Å². The molecule has 0 bridgehead atoms. The molecule has 1 atom stereocenters. The Kier molecular flexibility index (Phi) is 13.9. The lowest BCUT2D eigenvalue weighted by molar-refractivity contribution is 0.230. The molecule has 1 unspecified atom stereocenters. The van der Waals surface area contributed by atoms with Gasteiger partial charge in [0.05, 0.1) is 0 Å². The van der Waals surface area contributed by atoms with Crippen LogP contribution >= 0.6 is 0 Å². The van der Waals surface area contributed by atoms with Crippen molar-refractivity contribution in [2.45, 2.75) is 73.3 Å². The lowest BCUT2D eigenvalue weighted by Crippen LogP contribution is -2.30. The van der Waals surface area contributed by atoms with Crippen LogP contribution < -0.4 is 0 Å². The highest BCUT2D eigenvalue weighted by Crippen LogP contribution is 2.08. The van der Waals surface area contributed by atoms with E-state index in [4.69, 9.17) is 0 Å². The van der Waals surface area contributed by atoms with E-state index in [0.29, 0.717) is 0 Å². The third kappa shape index (κ3) is 11.9. The summed E-state index contributed by atoms with van der Waals surface area (Å²) in [4.78, 5) is 2.50. The van der Waals surface area contributed by atoms with E-state index >= 15 is 0 Å². The lowest BCUT2D eigenvalue weighted by atomic mass is 10.1. The summed E-state index contributed by atoms with van der Waals surface area (Å²) < 4.78 is 0. The van der Waals surface area contributed by atoms with Gasteiger partial charge in [-0.3, -0.25) is 0 Å². The second-order valence-corrected chi connectivity index (χ2v) is 4.65. The summed E-state index contributed by atoms with van der Waals surface area (Å²) in [6, 6.07) is 0.763. The van der Waals surface area contributed by atoms with E-state index in [2.05, 4.69) is 39.6 Å². The second kappa shape index (κ2) is 12.0. The Hall–Kier alpha value is -0.0400. The predicted octanol–water partition coefficient (Wildman–Crippen LogP) is 4.57. The van der Waals surface area contributed by atoms with Gasteiger partial charge in [0.1, 0.15) is 0 Å². The first kappa shape index (κ1) is 17.4. The molecule has 0 fully saturated rings. The van der Waals surface area contributed by atoms with E-state index < -0.39 is 0 Å². The first-order valence-electron chi connectivity index (χ1n) is 6.78. The van der Waals surface area contributed by atoms with Crippen LogP contribution in [-0.2, 0) is 0 Å². The Bertz CT molecular complexity index is 110. The summed E-state index contributed by atoms with van der Waals surface area (Å²) in [6.45, 7) is 14.5. The van der Waals surface area contributed by atoms with Crippen LogP contribution in [-0.4, -0.2) is 24.5 Å². The van der Waals surface area contributed by atoms with Gasteiger partial charge in [-0.1, -0.05) is 47.5 Å². The Labute approximate surface area is 98.2 Å². The zero-order valence-corrected chi connectivity index (χ0v) is 12.1. The molecule has 0 spiro atoms. The van der Waals surface area contributed by atoms with Gasteiger partial charge in [0.15, 0.2) is 0 Å². The molecule has 0 aliphatic heterocycles. The smallest absolute Gasteiger partial charge is 0.00638 e. The summed E-state index contributed by atoms with van der Waals surface area (Å²) in [5.74, 6) is 0.834. The van der Waals surface area contributed by atoms with Gasteiger partial charge in [0.2, 0.25) is 0 Å². The highest BCUT2D eigenvalue weighted by molar-refractivity contribution is 4.63. The molecule has 0 aromatic rings. The maximum atomic E-state index is 2.50. The summed E-state index contributed by atoms with van der Waals surface area (Å²) in [7, 11) is 2.25. The molecule has 94 valence electrons. The van der Waals surface area contributed by atoms with Crippen molar-refractivity contribution in [1.82, 2.24) is 4.90 Å². The fraction of sp³-hybridized carbons (Fsp3) is 1.00. The highest BCUT2D eigenvalue weighted by Gasteiger charge is 2.08. The van der Waals surface area contributed by atoms with Crippen LogP contribution in [0.25, 0.3) is 0 Å². The third-order valence-electron chi connectivity index (χ3n) is 2.79. The summed E-state index contributed by atoms with van der Waals surface area (Å²) in [5.41, 5.74) is 0. The van der Waals surface area contributed by atoms with Crippen molar-refractivity contribution in [3.8, 4) is 0 Å². The molecule has 15 heavy (non-hydrogen) atoms. The standard InChI is InChI=1S/C12H27N.C2H6/c1-6-7-8-12(4)13(5)10-9-11(2)3;1-2/h11-12H,6-10H2,1-5H3;1-2H3. The molecule has 0 N–H and O–H groups in total. The molecule has 1 nitrogen and oxygen atoms in total. The zero-order valence-electron chi connectivity index (χ0n) is 12.1. The zero-order chi connectivity index (χ0) is 12.3. The molecular weight excluding hydrogens is 182 g/mol. The van der Waals surface area contributed by atoms with Gasteiger partial charge in [0.25, 0.3) is 0 Å². The number of unbranched alkanes of at least 4 members (excludes halogenated alkanes) is 1. The Morgan fingerprint density at radius 2 is 1.53 bits per heavy atom. The van der Waals surface area contributed by atoms with E-state index in [1.165, 1.54) is 32.2 Å². The van der Waals surface area contributed by atoms with Crippen molar-refractivity contribution in [2.24, 2.45) is 5.92 Å². The lowest BCUT2D eigenvalue weighted by Gasteiger charge is -2.25. The van der Waals surface area contributed by atoms with Crippen molar-refractivity contribution in [3.05, 3.63) is 0 Å². The number of hydrogen-bond acceptors (Lipinski definition) is 1. The van der Waals surface area contributed by atoms with Gasteiger partial charge in [-0.05, 0) is 39.3 Å². The summed E-state index contributed by atoms with van der Waals surface area (Å²) >= 11 is 0. The molecule has 0 aromatic carbocycles. The SMILES string of the molecule is CC.CCCCC(C)N(C)CCC(C)C.